The minimum Gasteiger partial charge on any atom is -0.478 e. The number of benzene rings is 1. The first-order chi connectivity index (χ1) is 7.38. The Balaban J connectivity index is 3.33. The van der Waals surface area contributed by atoms with Crippen LogP contribution in [-0.2, 0) is 10.0 Å². The Kier molecular flexibility index (Phi) is 3.51. The summed E-state index contributed by atoms with van der Waals surface area (Å²) in [6, 6.07) is 3.55. The average molecular weight is 244 g/mol. The Labute approximate surface area is 93.1 Å². The van der Waals surface area contributed by atoms with Gasteiger partial charge in [-0.15, -0.1) is 0 Å². The molecule has 0 saturated carbocycles. The number of nitrogens with two attached hydrogens (primary N) is 1. The van der Waals surface area contributed by atoms with Crippen LogP contribution in [0.2, 0.25) is 0 Å². The van der Waals surface area contributed by atoms with Crippen molar-refractivity contribution >= 4 is 21.7 Å². The molecule has 0 bridgehead atoms. The van der Waals surface area contributed by atoms with Crippen molar-refractivity contribution in [2.24, 2.45) is 0 Å². The molecule has 1 aromatic carbocycles. The molecule has 0 unspecified atom stereocenters. The fraction of sp³-hybridized carbons (Fsp3) is 0.222. The first kappa shape index (κ1) is 12.5. The third-order valence-corrected chi connectivity index (χ3v) is 3.49. The minimum absolute atomic E-state index is 0.0194. The van der Waals surface area contributed by atoms with Crippen molar-refractivity contribution in [3.8, 4) is 0 Å². The van der Waals surface area contributed by atoms with Crippen LogP contribution in [0, 0.1) is 0 Å². The van der Waals surface area contributed by atoms with Crippen LogP contribution in [0.5, 0.6) is 0 Å². The number of rotatable bonds is 4. The summed E-state index contributed by atoms with van der Waals surface area (Å²) < 4.78 is 25.5. The predicted octanol–water partition coefficient (Wildman–Crippen LogP) is 0.265. The van der Waals surface area contributed by atoms with E-state index in [1.165, 1.54) is 12.1 Å². The zero-order valence-electron chi connectivity index (χ0n) is 8.60. The molecular weight excluding hydrogens is 232 g/mol. The smallest absolute Gasteiger partial charge is 0.335 e. The van der Waals surface area contributed by atoms with E-state index in [0.29, 0.717) is 0 Å². The first-order valence-corrected chi connectivity index (χ1v) is 5.99. The number of aromatic carboxylic acids is 1. The molecule has 0 aliphatic heterocycles. The molecule has 1 rings (SSSR count). The van der Waals surface area contributed by atoms with Crippen molar-refractivity contribution in [1.29, 1.82) is 0 Å². The van der Waals surface area contributed by atoms with Crippen molar-refractivity contribution < 1.29 is 18.3 Å². The van der Waals surface area contributed by atoms with Crippen LogP contribution in [0.25, 0.3) is 0 Å². The zero-order chi connectivity index (χ0) is 12.3. The van der Waals surface area contributed by atoms with Gasteiger partial charge in [0.15, 0.2) is 0 Å². The van der Waals surface area contributed by atoms with E-state index in [1.54, 1.807) is 6.92 Å². The Hall–Kier alpha value is -1.60. The molecule has 0 saturated heterocycles. The maximum Gasteiger partial charge on any atom is 0.335 e. The van der Waals surface area contributed by atoms with Gasteiger partial charge in [-0.3, -0.25) is 0 Å². The van der Waals surface area contributed by atoms with Crippen molar-refractivity contribution in [2.45, 2.75) is 11.8 Å². The monoisotopic (exact) mass is 244 g/mol. The van der Waals surface area contributed by atoms with Gasteiger partial charge in [-0.05, 0) is 18.2 Å². The lowest BCUT2D eigenvalue weighted by atomic mass is 10.2. The van der Waals surface area contributed by atoms with Gasteiger partial charge in [0, 0.05) is 6.54 Å². The van der Waals surface area contributed by atoms with Crippen LogP contribution >= 0.6 is 0 Å². The van der Waals surface area contributed by atoms with Crippen molar-refractivity contribution in [2.75, 3.05) is 12.3 Å². The van der Waals surface area contributed by atoms with E-state index in [2.05, 4.69) is 4.72 Å². The summed E-state index contributed by atoms with van der Waals surface area (Å²) in [6.45, 7) is 1.83. The third kappa shape index (κ3) is 2.50. The van der Waals surface area contributed by atoms with E-state index in [-0.39, 0.29) is 22.7 Å². The lowest BCUT2D eigenvalue weighted by molar-refractivity contribution is 0.0696. The zero-order valence-corrected chi connectivity index (χ0v) is 9.41. The number of hydrogen-bond acceptors (Lipinski definition) is 4. The summed E-state index contributed by atoms with van der Waals surface area (Å²) in [5.41, 5.74) is 5.39. The van der Waals surface area contributed by atoms with Crippen molar-refractivity contribution in [3.05, 3.63) is 23.8 Å². The number of nitrogens with one attached hydrogen (secondary N) is 1. The second-order valence-corrected chi connectivity index (χ2v) is 4.79. The van der Waals surface area contributed by atoms with Crippen LogP contribution in [0.4, 0.5) is 5.69 Å². The molecule has 0 aliphatic rings. The molecule has 7 heteroatoms. The Bertz CT molecular complexity index is 510. The fourth-order valence-corrected chi connectivity index (χ4v) is 2.36. The molecule has 0 amide bonds. The molecule has 0 aliphatic carbocycles. The largest absolute Gasteiger partial charge is 0.478 e. The number of carboxylic acids is 1. The molecule has 0 spiro atoms. The number of hydrogen-bond donors (Lipinski definition) is 3. The van der Waals surface area contributed by atoms with Gasteiger partial charge in [-0.2, -0.15) is 0 Å². The number of nitrogen functional groups attached to an aromatic ring is 1. The normalized spacial score (nSPS) is 11.3. The van der Waals surface area contributed by atoms with Gasteiger partial charge in [0.2, 0.25) is 10.0 Å². The molecule has 1 aromatic rings. The maximum absolute atomic E-state index is 11.6. The summed E-state index contributed by atoms with van der Waals surface area (Å²) in [5, 5.41) is 8.74. The second kappa shape index (κ2) is 4.50. The number of anilines is 1. The summed E-state index contributed by atoms with van der Waals surface area (Å²) in [5.74, 6) is -1.20. The van der Waals surface area contributed by atoms with Crippen LogP contribution < -0.4 is 10.5 Å². The highest BCUT2D eigenvalue weighted by Crippen LogP contribution is 2.19. The van der Waals surface area contributed by atoms with Gasteiger partial charge in [0.1, 0.15) is 4.90 Å². The number of carboxylic acid groups (broad SMARTS) is 1. The number of sulfonamides is 1. The van der Waals surface area contributed by atoms with E-state index in [1.807, 2.05) is 0 Å². The SMILES string of the molecule is CCNS(=O)(=O)c1cc(C(=O)O)ccc1N. The van der Waals surface area contributed by atoms with Gasteiger partial charge in [0.25, 0.3) is 0 Å². The quantitative estimate of drug-likeness (QED) is 0.658. The highest BCUT2D eigenvalue weighted by atomic mass is 32.2. The Morgan fingerprint density at radius 1 is 1.50 bits per heavy atom. The molecule has 0 radical (unpaired) electrons. The molecule has 88 valence electrons. The molecule has 0 heterocycles. The van der Waals surface area contributed by atoms with Crippen LogP contribution in [-0.4, -0.2) is 26.0 Å². The van der Waals surface area contributed by atoms with E-state index in [9.17, 15) is 13.2 Å². The standard InChI is InChI=1S/C9H12N2O4S/c1-2-11-16(14,15)8-5-6(9(12)13)3-4-7(8)10/h3-5,11H,2,10H2,1H3,(H,12,13). The fourth-order valence-electron chi connectivity index (χ4n) is 1.17. The highest BCUT2D eigenvalue weighted by Gasteiger charge is 2.18. The van der Waals surface area contributed by atoms with Gasteiger partial charge in [-0.1, -0.05) is 6.92 Å². The summed E-state index contributed by atoms with van der Waals surface area (Å²) >= 11 is 0. The molecular formula is C9H12N2O4S. The van der Waals surface area contributed by atoms with Gasteiger partial charge in [0.05, 0.1) is 11.3 Å². The minimum atomic E-state index is -3.74. The lowest BCUT2D eigenvalue weighted by Crippen LogP contribution is -2.24. The van der Waals surface area contributed by atoms with E-state index < -0.39 is 16.0 Å². The molecule has 16 heavy (non-hydrogen) atoms. The summed E-state index contributed by atoms with van der Waals surface area (Å²) in [6.07, 6.45) is 0. The van der Waals surface area contributed by atoms with E-state index in [0.717, 1.165) is 6.07 Å². The third-order valence-electron chi connectivity index (χ3n) is 1.88. The Morgan fingerprint density at radius 3 is 2.62 bits per heavy atom. The maximum atomic E-state index is 11.6. The second-order valence-electron chi connectivity index (χ2n) is 3.06. The van der Waals surface area contributed by atoms with Crippen LogP contribution in [0.3, 0.4) is 0 Å². The van der Waals surface area contributed by atoms with Crippen LogP contribution in [0.1, 0.15) is 17.3 Å². The molecule has 4 N–H and O–H groups in total. The van der Waals surface area contributed by atoms with Crippen molar-refractivity contribution in [3.63, 3.8) is 0 Å². The highest BCUT2D eigenvalue weighted by molar-refractivity contribution is 7.89. The van der Waals surface area contributed by atoms with Crippen LogP contribution in [0.15, 0.2) is 23.1 Å². The molecule has 6 nitrogen and oxygen atoms in total. The number of carbonyl (C=O) groups is 1. The Morgan fingerprint density at radius 2 is 2.12 bits per heavy atom. The average Bonchev–Trinajstić information content (AvgIpc) is 2.17. The van der Waals surface area contributed by atoms with Gasteiger partial charge in [-0.25, -0.2) is 17.9 Å². The summed E-state index contributed by atoms with van der Waals surface area (Å²) in [7, 11) is -3.74. The van der Waals surface area contributed by atoms with E-state index >= 15 is 0 Å². The topological polar surface area (TPSA) is 109 Å². The summed E-state index contributed by atoms with van der Waals surface area (Å²) in [4.78, 5) is 10.5. The van der Waals surface area contributed by atoms with E-state index in [4.69, 9.17) is 10.8 Å². The van der Waals surface area contributed by atoms with Crippen molar-refractivity contribution in [1.82, 2.24) is 4.72 Å². The predicted molar refractivity (Wildman–Crippen MR) is 58.7 cm³/mol. The molecule has 0 aromatic heterocycles. The lowest BCUT2D eigenvalue weighted by Gasteiger charge is -2.08. The first-order valence-electron chi connectivity index (χ1n) is 4.51. The molecule has 0 atom stereocenters. The van der Waals surface area contributed by atoms with Gasteiger partial charge < -0.3 is 10.8 Å². The molecule has 0 fully saturated rings. The van der Waals surface area contributed by atoms with Gasteiger partial charge >= 0.3 is 5.97 Å².